The summed E-state index contributed by atoms with van der Waals surface area (Å²) in [5.74, 6) is 1.78. The Bertz CT molecular complexity index is 263. The van der Waals surface area contributed by atoms with Crippen molar-refractivity contribution in [2.75, 3.05) is 26.2 Å². The Balaban J connectivity index is 1.95. The van der Waals surface area contributed by atoms with Crippen molar-refractivity contribution in [2.24, 2.45) is 17.3 Å². The standard InChI is InChI=1S/C17H34N2/c1-5-18-16-9-8-15(17(2,3)4)12-14(16)13-19-10-6-7-11-19/h14-16,18H,5-13H2,1-4H3. The zero-order valence-electron chi connectivity index (χ0n) is 13.5. The van der Waals surface area contributed by atoms with E-state index in [-0.39, 0.29) is 0 Å². The lowest BCUT2D eigenvalue weighted by atomic mass is 9.67. The van der Waals surface area contributed by atoms with Gasteiger partial charge in [-0.3, -0.25) is 0 Å². The minimum absolute atomic E-state index is 0.487. The number of rotatable bonds is 4. The fraction of sp³-hybridized carbons (Fsp3) is 1.00. The fourth-order valence-corrected chi connectivity index (χ4v) is 4.08. The SMILES string of the molecule is CCNC1CCC(C(C)(C)C)CC1CN1CCCC1. The van der Waals surface area contributed by atoms with Gasteiger partial charge in [-0.15, -0.1) is 0 Å². The maximum atomic E-state index is 3.75. The molecule has 2 rings (SSSR count). The van der Waals surface area contributed by atoms with Gasteiger partial charge in [0.1, 0.15) is 0 Å². The first-order valence-corrected chi connectivity index (χ1v) is 8.46. The third-order valence-electron chi connectivity index (χ3n) is 5.36. The van der Waals surface area contributed by atoms with Crippen LogP contribution in [0, 0.1) is 17.3 Å². The molecule has 0 aromatic heterocycles. The second kappa shape index (κ2) is 6.58. The highest BCUT2D eigenvalue weighted by Gasteiger charge is 2.36. The van der Waals surface area contributed by atoms with E-state index >= 15 is 0 Å². The van der Waals surface area contributed by atoms with Crippen LogP contribution >= 0.6 is 0 Å². The third-order valence-corrected chi connectivity index (χ3v) is 5.36. The van der Waals surface area contributed by atoms with E-state index in [4.69, 9.17) is 0 Å². The summed E-state index contributed by atoms with van der Waals surface area (Å²) in [6, 6.07) is 0.768. The van der Waals surface area contributed by atoms with Gasteiger partial charge in [-0.25, -0.2) is 0 Å². The highest BCUT2D eigenvalue weighted by Crippen LogP contribution is 2.40. The lowest BCUT2D eigenvalue weighted by molar-refractivity contribution is 0.0937. The molecule has 0 aromatic carbocycles. The number of nitrogens with zero attached hydrogens (tertiary/aromatic N) is 1. The summed E-state index contributed by atoms with van der Waals surface area (Å²) in [7, 11) is 0. The van der Waals surface area contributed by atoms with E-state index in [2.05, 4.69) is 37.9 Å². The smallest absolute Gasteiger partial charge is 0.0108 e. The largest absolute Gasteiger partial charge is 0.314 e. The fourth-order valence-electron chi connectivity index (χ4n) is 4.08. The molecule has 2 aliphatic rings. The second-order valence-corrected chi connectivity index (χ2v) is 7.81. The predicted molar refractivity (Wildman–Crippen MR) is 83.4 cm³/mol. The summed E-state index contributed by atoms with van der Waals surface area (Å²) in [6.07, 6.45) is 7.06. The van der Waals surface area contributed by atoms with Gasteiger partial charge in [-0.1, -0.05) is 27.7 Å². The van der Waals surface area contributed by atoms with Gasteiger partial charge in [-0.2, -0.15) is 0 Å². The molecular weight excluding hydrogens is 232 g/mol. The monoisotopic (exact) mass is 266 g/mol. The minimum atomic E-state index is 0.487. The van der Waals surface area contributed by atoms with Crippen LogP contribution in [0.3, 0.4) is 0 Å². The highest BCUT2D eigenvalue weighted by atomic mass is 15.1. The normalized spacial score (nSPS) is 33.8. The van der Waals surface area contributed by atoms with E-state index in [1.807, 2.05) is 0 Å². The van der Waals surface area contributed by atoms with Gasteiger partial charge >= 0.3 is 0 Å². The summed E-state index contributed by atoms with van der Waals surface area (Å²) in [6.45, 7) is 14.7. The summed E-state index contributed by atoms with van der Waals surface area (Å²) >= 11 is 0. The molecule has 0 aromatic rings. The average molecular weight is 266 g/mol. The Morgan fingerprint density at radius 1 is 1.11 bits per heavy atom. The van der Waals surface area contributed by atoms with E-state index < -0.39 is 0 Å². The Labute approximate surface area is 120 Å². The minimum Gasteiger partial charge on any atom is -0.314 e. The summed E-state index contributed by atoms with van der Waals surface area (Å²) in [4.78, 5) is 2.71. The van der Waals surface area contributed by atoms with Gasteiger partial charge in [0.25, 0.3) is 0 Å². The van der Waals surface area contributed by atoms with Gasteiger partial charge in [-0.05, 0) is 69.0 Å². The number of hydrogen-bond acceptors (Lipinski definition) is 2. The molecule has 1 aliphatic heterocycles. The molecule has 1 heterocycles. The molecule has 1 saturated heterocycles. The van der Waals surface area contributed by atoms with Crippen LogP contribution in [0.2, 0.25) is 0 Å². The van der Waals surface area contributed by atoms with Crippen molar-refractivity contribution in [3.63, 3.8) is 0 Å². The molecule has 1 saturated carbocycles. The number of likely N-dealkylation sites (tertiary alicyclic amines) is 1. The highest BCUT2D eigenvalue weighted by molar-refractivity contribution is 4.90. The first kappa shape index (κ1) is 15.3. The van der Waals surface area contributed by atoms with Crippen LogP contribution in [0.5, 0.6) is 0 Å². The molecule has 0 spiro atoms. The van der Waals surface area contributed by atoms with Gasteiger partial charge in [0.05, 0.1) is 0 Å². The van der Waals surface area contributed by atoms with Crippen molar-refractivity contribution in [3.05, 3.63) is 0 Å². The predicted octanol–water partition coefficient (Wildman–Crippen LogP) is 3.52. The van der Waals surface area contributed by atoms with Crippen LogP contribution in [0.25, 0.3) is 0 Å². The Morgan fingerprint density at radius 2 is 1.79 bits per heavy atom. The van der Waals surface area contributed by atoms with Gasteiger partial charge in [0.15, 0.2) is 0 Å². The van der Waals surface area contributed by atoms with Crippen molar-refractivity contribution >= 4 is 0 Å². The summed E-state index contributed by atoms with van der Waals surface area (Å²) < 4.78 is 0. The molecule has 0 radical (unpaired) electrons. The van der Waals surface area contributed by atoms with Crippen molar-refractivity contribution in [2.45, 2.75) is 65.8 Å². The Hall–Kier alpha value is -0.0800. The lowest BCUT2D eigenvalue weighted by Crippen LogP contribution is -2.47. The molecule has 3 atom stereocenters. The molecule has 1 N–H and O–H groups in total. The van der Waals surface area contributed by atoms with E-state index in [1.165, 1.54) is 51.7 Å². The molecule has 0 amide bonds. The molecular formula is C17H34N2. The molecule has 112 valence electrons. The maximum absolute atomic E-state index is 3.75. The van der Waals surface area contributed by atoms with Crippen LogP contribution in [0.4, 0.5) is 0 Å². The van der Waals surface area contributed by atoms with Gasteiger partial charge in [0, 0.05) is 12.6 Å². The molecule has 1 aliphatic carbocycles. The third kappa shape index (κ3) is 4.19. The van der Waals surface area contributed by atoms with Crippen molar-refractivity contribution in [1.29, 1.82) is 0 Å². The first-order chi connectivity index (χ1) is 9.00. The zero-order valence-corrected chi connectivity index (χ0v) is 13.5. The first-order valence-electron chi connectivity index (χ1n) is 8.46. The van der Waals surface area contributed by atoms with Crippen molar-refractivity contribution < 1.29 is 0 Å². The Morgan fingerprint density at radius 3 is 2.37 bits per heavy atom. The number of hydrogen-bond donors (Lipinski definition) is 1. The molecule has 3 unspecified atom stereocenters. The molecule has 19 heavy (non-hydrogen) atoms. The second-order valence-electron chi connectivity index (χ2n) is 7.81. The van der Waals surface area contributed by atoms with Crippen molar-refractivity contribution in [1.82, 2.24) is 10.2 Å². The van der Waals surface area contributed by atoms with Crippen LogP contribution in [0.15, 0.2) is 0 Å². The van der Waals surface area contributed by atoms with E-state index in [0.29, 0.717) is 5.41 Å². The van der Waals surface area contributed by atoms with Crippen LogP contribution in [-0.2, 0) is 0 Å². The van der Waals surface area contributed by atoms with E-state index in [0.717, 1.165) is 24.4 Å². The molecule has 2 heteroatoms. The quantitative estimate of drug-likeness (QED) is 0.837. The topological polar surface area (TPSA) is 15.3 Å². The number of nitrogens with one attached hydrogen (secondary N) is 1. The van der Waals surface area contributed by atoms with Gasteiger partial charge in [0.2, 0.25) is 0 Å². The van der Waals surface area contributed by atoms with Gasteiger partial charge < -0.3 is 10.2 Å². The summed E-state index contributed by atoms with van der Waals surface area (Å²) in [5.41, 5.74) is 0.487. The maximum Gasteiger partial charge on any atom is 0.0108 e. The molecule has 0 bridgehead atoms. The Kier molecular flexibility index (Phi) is 5.30. The lowest BCUT2D eigenvalue weighted by Gasteiger charge is -2.43. The van der Waals surface area contributed by atoms with E-state index in [1.54, 1.807) is 0 Å². The summed E-state index contributed by atoms with van der Waals surface area (Å²) in [5, 5.41) is 3.75. The molecule has 2 fully saturated rings. The average Bonchev–Trinajstić information content (AvgIpc) is 2.83. The van der Waals surface area contributed by atoms with Crippen molar-refractivity contribution in [3.8, 4) is 0 Å². The van der Waals surface area contributed by atoms with Crippen LogP contribution < -0.4 is 5.32 Å². The zero-order chi connectivity index (χ0) is 13.9. The van der Waals surface area contributed by atoms with Crippen LogP contribution in [0.1, 0.15) is 59.8 Å². The van der Waals surface area contributed by atoms with E-state index in [9.17, 15) is 0 Å². The van der Waals surface area contributed by atoms with Crippen LogP contribution in [-0.4, -0.2) is 37.1 Å². The molecule has 2 nitrogen and oxygen atoms in total.